The average molecular weight is 225 g/mol. The third-order valence-corrected chi connectivity index (χ3v) is 2.79. The molecule has 4 heteroatoms. The van der Waals surface area contributed by atoms with E-state index in [0.717, 1.165) is 5.39 Å². The van der Waals surface area contributed by atoms with Gasteiger partial charge in [-0.3, -0.25) is 0 Å². The van der Waals surface area contributed by atoms with E-state index in [2.05, 4.69) is 0 Å². The van der Waals surface area contributed by atoms with E-state index in [1.165, 1.54) is 6.92 Å². The van der Waals surface area contributed by atoms with E-state index in [9.17, 15) is 8.78 Å². The molecule has 86 valence electrons. The zero-order chi connectivity index (χ0) is 11.9. The molecule has 2 rings (SSSR count). The van der Waals surface area contributed by atoms with Crippen molar-refractivity contribution in [3.63, 3.8) is 0 Å². The van der Waals surface area contributed by atoms with Gasteiger partial charge in [-0.25, -0.2) is 8.78 Å². The van der Waals surface area contributed by atoms with Gasteiger partial charge in [0.25, 0.3) is 6.43 Å². The summed E-state index contributed by atoms with van der Waals surface area (Å²) < 4.78 is 31.1. The van der Waals surface area contributed by atoms with Crippen LogP contribution in [-0.4, -0.2) is 6.43 Å². The summed E-state index contributed by atoms with van der Waals surface area (Å²) >= 11 is 0. The summed E-state index contributed by atoms with van der Waals surface area (Å²) in [4.78, 5) is 0. The molecular formula is C12H13F2NO. The standard InChI is InChI=1S/C12H13F2NO/c1-7-8-5-3-4-6-9(8)16-10(7)12(2,15)11(13)14/h3-6,11H,15H2,1-2H3. The van der Waals surface area contributed by atoms with Gasteiger partial charge < -0.3 is 10.2 Å². The Balaban J connectivity index is 2.66. The Morgan fingerprint density at radius 3 is 2.50 bits per heavy atom. The summed E-state index contributed by atoms with van der Waals surface area (Å²) in [6.45, 7) is 3.02. The van der Waals surface area contributed by atoms with Crippen LogP contribution < -0.4 is 5.73 Å². The smallest absolute Gasteiger partial charge is 0.263 e. The molecule has 0 aliphatic carbocycles. The van der Waals surface area contributed by atoms with Gasteiger partial charge in [0.1, 0.15) is 16.9 Å². The molecule has 0 saturated carbocycles. The molecule has 1 unspecified atom stereocenters. The number of rotatable bonds is 2. The van der Waals surface area contributed by atoms with Gasteiger partial charge in [0.15, 0.2) is 0 Å². The van der Waals surface area contributed by atoms with E-state index in [1.807, 2.05) is 12.1 Å². The Morgan fingerprint density at radius 1 is 1.31 bits per heavy atom. The minimum absolute atomic E-state index is 0.156. The lowest BCUT2D eigenvalue weighted by molar-refractivity contribution is 0.0506. The van der Waals surface area contributed by atoms with Crippen LogP contribution in [-0.2, 0) is 5.54 Å². The molecule has 0 amide bonds. The number of furan rings is 1. The van der Waals surface area contributed by atoms with E-state index in [4.69, 9.17) is 10.2 Å². The number of nitrogens with two attached hydrogens (primary N) is 1. The van der Waals surface area contributed by atoms with Crippen LogP contribution in [0.5, 0.6) is 0 Å². The average Bonchev–Trinajstić information content (AvgIpc) is 2.57. The summed E-state index contributed by atoms with van der Waals surface area (Å²) in [6.07, 6.45) is -2.66. The van der Waals surface area contributed by atoms with E-state index in [0.29, 0.717) is 11.1 Å². The van der Waals surface area contributed by atoms with Crippen molar-refractivity contribution in [1.29, 1.82) is 0 Å². The number of benzene rings is 1. The number of para-hydroxylation sites is 1. The second-order valence-corrected chi connectivity index (χ2v) is 4.14. The highest BCUT2D eigenvalue weighted by atomic mass is 19.3. The molecule has 0 aliphatic heterocycles. The number of hydrogen-bond acceptors (Lipinski definition) is 2. The minimum atomic E-state index is -2.66. The highest BCUT2D eigenvalue weighted by Gasteiger charge is 2.37. The molecule has 0 spiro atoms. The van der Waals surface area contributed by atoms with Crippen molar-refractivity contribution in [2.24, 2.45) is 5.73 Å². The number of alkyl halides is 2. The molecule has 0 bridgehead atoms. The summed E-state index contributed by atoms with van der Waals surface area (Å²) in [6, 6.07) is 7.21. The molecule has 1 atom stereocenters. The van der Waals surface area contributed by atoms with Gasteiger partial charge >= 0.3 is 0 Å². The van der Waals surface area contributed by atoms with Crippen LogP contribution in [0.25, 0.3) is 11.0 Å². The normalized spacial score (nSPS) is 15.6. The third kappa shape index (κ3) is 1.50. The Kier molecular flexibility index (Phi) is 2.46. The zero-order valence-electron chi connectivity index (χ0n) is 9.13. The van der Waals surface area contributed by atoms with Crippen LogP contribution in [0.4, 0.5) is 8.78 Å². The molecule has 0 aliphatic rings. The summed E-state index contributed by atoms with van der Waals surface area (Å²) in [5.41, 5.74) is 5.13. The van der Waals surface area contributed by atoms with Crippen LogP contribution in [0.2, 0.25) is 0 Å². The molecule has 0 radical (unpaired) electrons. The van der Waals surface area contributed by atoms with Crippen molar-refractivity contribution >= 4 is 11.0 Å². The first-order valence-electron chi connectivity index (χ1n) is 5.00. The molecule has 1 aromatic carbocycles. The van der Waals surface area contributed by atoms with Crippen LogP contribution in [0.15, 0.2) is 28.7 Å². The number of hydrogen-bond donors (Lipinski definition) is 1. The number of fused-ring (bicyclic) bond motifs is 1. The first kappa shape index (κ1) is 11.1. The third-order valence-electron chi connectivity index (χ3n) is 2.79. The van der Waals surface area contributed by atoms with Crippen LogP contribution in [0.3, 0.4) is 0 Å². The van der Waals surface area contributed by atoms with E-state index < -0.39 is 12.0 Å². The van der Waals surface area contributed by atoms with E-state index in [-0.39, 0.29) is 5.76 Å². The van der Waals surface area contributed by atoms with Gasteiger partial charge in [-0.15, -0.1) is 0 Å². The number of halogens is 2. The lowest BCUT2D eigenvalue weighted by Crippen LogP contribution is -2.40. The zero-order valence-corrected chi connectivity index (χ0v) is 9.13. The highest BCUT2D eigenvalue weighted by molar-refractivity contribution is 5.82. The fourth-order valence-corrected chi connectivity index (χ4v) is 1.79. The van der Waals surface area contributed by atoms with Gasteiger partial charge in [0.2, 0.25) is 0 Å². The molecule has 0 saturated heterocycles. The van der Waals surface area contributed by atoms with Crippen molar-refractivity contribution in [2.45, 2.75) is 25.8 Å². The van der Waals surface area contributed by atoms with Gasteiger partial charge in [-0.2, -0.15) is 0 Å². The predicted molar refractivity (Wildman–Crippen MR) is 58.5 cm³/mol. The van der Waals surface area contributed by atoms with Crippen molar-refractivity contribution in [3.05, 3.63) is 35.6 Å². The Bertz CT molecular complexity index is 517. The van der Waals surface area contributed by atoms with Crippen molar-refractivity contribution in [3.8, 4) is 0 Å². The lowest BCUT2D eigenvalue weighted by atomic mass is 9.97. The maximum absolute atomic E-state index is 12.8. The van der Waals surface area contributed by atoms with Gasteiger partial charge in [0.05, 0.1) is 0 Å². The maximum Gasteiger partial charge on any atom is 0.263 e. The molecule has 16 heavy (non-hydrogen) atoms. The van der Waals surface area contributed by atoms with E-state index in [1.54, 1.807) is 19.1 Å². The van der Waals surface area contributed by atoms with Crippen molar-refractivity contribution < 1.29 is 13.2 Å². The first-order chi connectivity index (χ1) is 7.44. The van der Waals surface area contributed by atoms with Gasteiger partial charge in [0, 0.05) is 10.9 Å². The Hall–Kier alpha value is -1.42. The topological polar surface area (TPSA) is 39.2 Å². The fraction of sp³-hybridized carbons (Fsp3) is 0.333. The predicted octanol–water partition coefficient (Wildman–Crippen LogP) is 3.18. The fourth-order valence-electron chi connectivity index (χ4n) is 1.79. The van der Waals surface area contributed by atoms with Crippen LogP contribution in [0, 0.1) is 6.92 Å². The Morgan fingerprint density at radius 2 is 1.94 bits per heavy atom. The monoisotopic (exact) mass is 225 g/mol. The summed E-state index contributed by atoms with van der Waals surface area (Å²) in [5.74, 6) is 0.156. The van der Waals surface area contributed by atoms with Crippen molar-refractivity contribution in [1.82, 2.24) is 0 Å². The highest BCUT2D eigenvalue weighted by Crippen LogP contribution is 2.34. The second kappa shape index (κ2) is 3.56. The molecule has 1 aromatic heterocycles. The molecule has 2 aromatic rings. The van der Waals surface area contributed by atoms with Crippen LogP contribution >= 0.6 is 0 Å². The quantitative estimate of drug-likeness (QED) is 0.852. The minimum Gasteiger partial charge on any atom is -0.459 e. The first-order valence-corrected chi connectivity index (χ1v) is 5.00. The molecule has 1 heterocycles. The van der Waals surface area contributed by atoms with Crippen LogP contribution in [0.1, 0.15) is 18.2 Å². The molecule has 0 fully saturated rings. The number of aryl methyl sites for hydroxylation is 1. The van der Waals surface area contributed by atoms with Gasteiger partial charge in [-0.05, 0) is 19.9 Å². The molecular weight excluding hydrogens is 212 g/mol. The largest absolute Gasteiger partial charge is 0.459 e. The summed E-state index contributed by atoms with van der Waals surface area (Å²) in [5, 5.41) is 0.829. The molecule has 2 N–H and O–H groups in total. The van der Waals surface area contributed by atoms with Gasteiger partial charge in [-0.1, -0.05) is 18.2 Å². The van der Waals surface area contributed by atoms with Crippen molar-refractivity contribution in [2.75, 3.05) is 0 Å². The van der Waals surface area contributed by atoms with E-state index >= 15 is 0 Å². The second-order valence-electron chi connectivity index (χ2n) is 4.14. The summed E-state index contributed by atoms with van der Waals surface area (Å²) in [7, 11) is 0. The Labute approximate surface area is 92.0 Å². The lowest BCUT2D eigenvalue weighted by Gasteiger charge is -2.21. The molecule has 2 nitrogen and oxygen atoms in total. The SMILES string of the molecule is Cc1c(C(C)(N)C(F)F)oc2ccccc12. The maximum atomic E-state index is 12.8.